The number of ether oxygens (including phenoxy) is 1. The minimum absolute atomic E-state index is 0.133. The Balaban J connectivity index is 2.06. The first-order valence-electron chi connectivity index (χ1n) is 6.14. The van der Waals surface area contributed by atoms with E-state index in [4.69, 9.17) is 0 Å². The van der Waals surface area contributed by atoms with Gasteiger partial charge in [-0.15, -0.1) is 10.2 Å². The fraction of sp³-hybridized carbons (Fsp3) is 0.154. The van der Waals surface area contributed by atoms with E-state index in [-0.39, 0.29) is 5.82 Å². The molecule has 0 aliphatic carbocycles. The third-order valence-corrected chi connectivity index (χ3v) is 3.11. The van der Waals surface area contributed by atoms with E-state index in [1.165, 1.54) is 13.2 Å². The summed E-state index contributed by atoms with van der Waals surface area (Å²) in [5.41, 5.74) is 1.14. The van der Waals surface area contributed by atoms with E-state index < -0.39 is 16.0 Å². The third-order valence-electron chi connectivity index (χ3n) is 2.53. The molecule has 22 heavy (non-hydrogen) atoms. The van der Waals surface area contributed by atoms with Gasteiger partial charge in [0.1, 0.15) is 0 Å². The number of anilines is 3. The van der Waals surface area contributed by atoms with E-state index in [0.29, 0.717) is 17.1 Å². The van der Waals surface area contributed by atoms with Crippen molar-refractivity contribution in [1.82, 2.24) is 10.2 Å². The van der Waals surface area contributed by atoms with Gasteiger partial charge in [-0.25, -0.2) is 13.2 Å². The van der Waals surface area contributed by atoms with E-state index in [1.807, 2.05) is 0 Å². The number of aromatic nitrogens is 2. The minimum Gasteiger partial charge on any atom is -0.465 e. The number of hydrogen-bond acceptors (Lipinski definition) is 7. The van der Waals surface area contributed by atoms with Gasteiger partial charge in [-0.05, 0) is 36.4 Å². The second-order valence-corrected chi connectivity index (χ2v) is 6.12. The number of carbonyl (C=O) groups is 1. The summed E-state index contributed by atoms with van der Waals surface area (Å²) >= 11 is 0. The smallest absolute Gasteiger partial charge is 0.337 e. The molecule has 0 amide bonds. The number of hydrogen-bond donors (Lipinski definition) is 2. The molecular formula is C13H14N4O4S. The molecule has 0 fully saturated rings. The summed E-state index contributed by atoms with van der Waals surface area (Å²) in [5, 5.41) is 10.6. The third kappa shape index (κ3) is 4.42. The molecule has 0 saturated carbocycles. The van der Waals surface area contributed by atoms with Gasteiger partial charge in [0.2, 0.25) is 10.0 Å². The van der Waals surface area contributed by atoms with Gasteiger partial charge in [0.15, 0.2) is 11.6 Å². The van der Waals surface area contributed by atoms with Crippen molar-refractivity contribution >= 4 is 33.3 Å². The number of benzene rings is 1. The molecule has 9 heteroatoms. The Bertz CT molecular complexity index is 758. The molecule has 0 aliphatic heterocycles. The molecule has 0 unspecified atom stereocenters. The summed E-state index contributed by atoms with van der Waals surface area (Å²) in [5.74, 6) is 0.154. The van der Waals surface area contributed by atoms with Crippen molar-refractivity contribution in [3.05, 3.63) is 42.0 Å². The summed E-state index contributed by atoms with van der Waals surface area (Å²) in [7, 11) is -2.07. The average molecular weight is 322 g/mol. The fourth-order valence-electron chi connectivity index (χ4n) is 1.60. The molecule has 1 aromatic heterocycles. The maximum absolute atomic E-state index is 11.3. The van der Waals surface area contributed by atoms with Crippen molar-refractivity contribution in [2.75, 3.05) is 23.4 Å². The van der Waals surface area contributed by atoms with Crippen LogP contribution in [0.2, 0.25) is 0 Å². The van der Waals surface area contributed by atoms with Gasteiger partial charge in [0.25, 0.3) is 0 Å². The number of nitrogens with one attached hydrogen (secondary N) is 2. The molecule has 0 atom stereocenters. The second-order valence-electron chi connectivity index (χ2n) is 4.37. The number of nitrogens with zero attached hydrogens (tertiary/aromatic N) is 2. The lowest BCUT2D eigenvalue weighted by Gasteiger charge is -2.07. The van der Waals surface area contributed by atoms with E-state index in [0.717, 1.165) is 6.26 Å². The molecule has 0 bridgehead atoms. The Morgan fingerprint density at radius 2 is 1.64 bits per heavy atom. The highest BCUT2D eigenvalue weighted by molar-refractivity contribution is 7.92. The zero-order chi connectivity index (χ0) is 16.2. The van der Waals surface area contributed by atoms with E-state index in [1.54, 1.807) is 30.3 Å². The van der Waals surface area contributed by atoms with Crippen molar-refractivity contribution in [3.63, 3.8) is 0 Å². The minimum atomic E-state index is -3.38. The lowest BCUT2D eigenvalue weighted by Crippen LogP contribution is -2.11. The highest BCUT2D eigenvalue weighted by atomic mass is 32.2. The van der Waals surface area contributed by atoms with Crippen LogP contribution in [-0.2, 0) is 14.8 Å². The molecule has 0 radical (unpaired) electrons. The van der Waals surface area contributed by atoms with Gasteiger partial charge in [0, 0.05) is 5.69 Å². The van der Waals surface area contributed by atoms with Crippen molar-refractivity contribution in [2.24, 2.45) is 0 Å². The predicted octanol–water partition coefficient (Wildman–Crippen LogP) is 1.38. The predicted molar refractivity (Wildman–Crippen MR) is 81.6 cm³/mol. The molecule has 0 saturated heterocycles. The Morgan fingerprint density at radius 1 is 1.05 bits per heavy atom. The number of sulfonamides is 1. The van der Waals surface area contributed by atoms with Crippen LogP contribution in [0.15, 0.2) is 36.4 Å². The van der Waals surface area contributed by atoms with Gasteiger partial charge in [0.05, 0.1) is 18.9 Å². The van der Waals surface area contributed by atoms with Crippen molar-refractivity contribution in [2.45, 2.75) is 0 Å². The monoisotopic (exact) mass is 322 g/mol. The van der Waals surface area contributed by atoms with Crippen LogP contribution in [0, 0.1) is 0 Å². The molecule has 2 N–H and O–H groups in total. The molecule has 0 spiro atoms. The topological polar surface area (TPSA) is 110 Å². The zero-order valence-electron chi connectivity index (χ0n) is 11.9. The maximum atomic E-state index is 11.3. The van der Waals surface area contributed by atoms with Crippen LogP contribution in [-0.4, -0.2) is 38.0 Å². The Morgan fingerprint density at radius 3 is 2.14 bits per heavy atom. The highest BCUT2D eigenvalue weighted by Crippen LogP contribution is 2.16. The molecule has 2 aromatic rings. The standard InChI is InChI=1S/C13H14N4O4S/c1-21-13(18)9-3-5-10(6-4-9)14-11-7-8-12(16-15-11)17-22(2,19)20/h3-8H,1-2H3,(H,14,15)(H,16,17). The summed E-state index contributed by atoms with van der Waals surface area (Å²) in [6.07, 6.45) is 1.03. The molecule has 1 aromatic carbocycles. The second kappa shape index (κ2) is 6.39. The van der Waals surface area contributed by atoms with Gasteiger partial charge < -0.3 is 10.1 Å². The van der Waals surface area contributed by atoms with Crippen LogP contribution < -0.4 is 10.0 Å². The molecule has 8 nitrogen and oxygen atoms in total. The van der Waals surface area contributed by atoms with Crippen LogP contribution in [0.5, 0.6) is 0 Å². The quantitative estimate of drug-likeness (QED) is 0.800. The van der Waals surface area contributed by atoms with Crippen molar-refractivity contribution in [3.8, 4) is 0 Å². The first-order chi connectivity index (χ1) is 10.4. The summed E-state index contributed by atoms with van der Waals surface area (Å²) in [6.45, 7) is 0. The molecule has 1 heterocycles. The van der Waals surface area contributed by atoms with Gasteiger partial charge in [-0.2, -0.15) is 0 Å². The summed E-state index contributed by atoms with van der Waals surface area (Å²) < 4.78 is 28.9. The number of carbonyl (C=O) groups excluding carboxylic acids is 1. The summed E-state index contributed by atoms with van der Waals surface area (Å²) in [6, 6.07) is 9.67. The maximum Gasteiger partial charge on any atom is 0.337 e. The molecule has 2 rings (SSSR count). The van der Waals surface area contributed by atoms with E-state index in [2.05, 4.69) is 25.0 Å². The van der Waals surface area contributed by atoms with Crippen LogP contribution >= 0.6 is 0 Å². The van der Waals surface area contributed by atoms with E-state index in [9.17, 15) is 13.2 Å². The first kappa shape index (κ1) is 15.7. The molecular weight excluding hydrogens is 308 g/mol. The van der Waals surface area contributed by atoms with Gasteiger partial charge in [-0.1, -0.05) is 0 Å². The average Bonchev–Trinajstić information content (AvgIpc) is 2.48. The summed E-state index contributed by atoms with van der Waals surface area (Å²) in [4.78, 5) is 11.3. The normalized spacial score (nSPS) is 10.8. The number of methoxy groups -OCH3 is 1. The SMILES string of the molecule is COC(=O)c1ccc(Nc2ccc(NS(C)(=O)=O)nn2)cc1. The van der Waals surface area contributed by atoms with E-state index >= 15 is 0 Å². The van der Waals surface area contributed by atoms with Crippen molar-refractivity contribution < 1.29 is 17.9 Å². The fourth-order valence-corrected chi connectivity index (χ4v) is 2.09. The Kier molecular flexibility index (Phi) is 4.56. The number of rotatable bonds is 5. The van der Waals surface area contributed by atoms with Crippen LogP contribution in [0.4, 0.5) is 17.3 Å². The van der Waals surface area contributed by atoms with Crippen LogP contribution in [0.3, 0.4) is 0 Å². The Hall–Kier alpha value is -2.68. The Labute approximate surface area is 127 Å². The largest absolute Gasteiger partial charge is 0.465 e. The van der Waals surface area contributed by atoms with Crippen LogP contribution in [0.1, 0.15) is 10.4 Å². The highest BCUT2D eigenvalue weighted by Gasteiger charge is 2.06. The van der Waals surface area contributed by atoms with Crippen LogP contribution in [0.25, 0.3) is 0 Å². The zero-order valence-corrected chi connectivity index (χ0v) is 12.7. The van der Waals surface area contributed by atoms with Gasteiger partial charge >= 0.3 is 5.97 Å². The molecule has 116 valence electrons. The first-order valence-corrected chi connectivity index (χ1v) is 8.03. The lowest BCUT2D eigenvalue weighted by molar-refractivity contribution is 0.0601. The number of esters is 1. The lowest BCUT2D eigenvalue weighted by atomic mass is 10.2. The van der Waals surface area contributed by atoms with Gasteiger partial charge in [-0.3, -0.25) is 4.72 Å². The van der Waals surface area contributed by atoms with Crippen molar-refractivity contribution in [1.29, 1.82) is 0 Å². The molecule has 0 aliphatic rings.